The van der Waals surface area contributed by atoms with Crippen LogP contribution in [0.4, 0.5) is 5.82 Å². The van der Waals surface area contributed by atoms with Gasteiger partial charge in [-0.3, -0.25) is 4.79 Å². The van der Waals surface area contributed by atoms with Gasteiger partial charge in [-0.2, -0.15) is 0 Å². The zero-order chi connectivity index (χ0) is 14.5. The van der Waals surface area contributed by atoms with Crippen molar-refractivity contribution in [2.24, 2.45) is 5.92 Å². The molecule has 2 atom stereocenters. The lowest BCUT2D eigenvalue weighted by Crippen LogP contribution is -2.32. The van der Waals surface area contributed by atoms with E-state index in [0.29, 0.717) is 28.9 Å². The SMILES string of the molecule is CCNc1ncc(C(=O)NCC2CCOC2C)cc1Cl. The van der Waals surface area contributed by atoms with Crippen molar-refractivity contribution in [3.05, 3.63) is 22.8 Å². The van der Waals surface area contributed by atoms with Crippen molar-refractivity contribution in [2.45, 2.75) is 26.4 Å². The molecular formula is C14H20ClN3O2. The maximum absolute atomic E-state index is 12.1. The summed E-state index contributed by atoms with van der Waals surface area (Å²) >= 11 is 6.08. The van der Waals surface area contributed by atoms with Crippen LogP contribution in [0.2, 0.25) is 5.02 Å². The standard InChI is InChI=1S/C14H20ClN3O2/c1-3-16-13-12(15)6-11(8-17-13)14(19)18-7-10-4-5-20-9(10)2/h6,8-10H,3-5,7H2,1-2H3,(H,16,17)(H,18,19). The monoisotopic (exact) mass is 297 g/mol. The molecule has 2 N–H and O–H groups in total. The smallest absolute Gasteiger partial charge is 0.252 e. The quantitative estimate of drug-likeness (QED) is 0.875. The molecule has 0 aliphatic carbocycles. The summed E-state index contributed by atoms with van der Waals surface area (Å²) in [5.41, 5.74) is 0.475. The number of ether oxygens (including phenoxy) is 1. The second-order valence-corrected chi connectivity index (χ2v) is 5.33. The van der Waals surface area contributed by atoms with Crippen molar-refractivity contribution in [3.8, 4) is 0 Å². The number of hydrogen-bond donors (Lipinski definition) is 2. The molecule has 1 fully saturated rings. The van der Waals surface area contributed by atoms with Gasteiger partial charge in [0.15, 0.2) is 0 Å². The summed E-state index contributed by atoms with van der Waals surface area (Å²) < 4.78 is 5.47. The average Bonchev–Trinajstić information content (AvgIpc) is 2.84. The Kier molecular flexibility index (Phi) is 5.20. The topological polar surface area (TPSA) is 63.2 Å². The van der Waals surface area contributed by atoms with Crippen LogP contribution < -0.4 is 10.6 Å². The molecule has 1 aliphatic heterocycles. The summed E-state index contributed by atoms with van der Waals surface area (Å²) in [5.74, 6) is 0.827. The minimum Gasteiger partial charge on any atom is -0.378 e. The van der Waals surface area contributed by atoms with Gasteiger partial charge in [0.1, 0.15) is 5.82 Å². The molecule has 1 amide bonds. The van der Waals surface area contributed by atoms with Crippen molar-refractivity contribution in [3.63, 3.8) is 0 Å². The van der Waals surface area contributed by atoms with Gasteiger partial charge in [0, 0.05) is 31.8 Å². The van der Waals surface area contributed by atoms with E-state index in [4.69, 9.17) is 16.3 Å². The summed E-state index contributed by atoms with van der Waals surface area (Å²) in [6.45, 7) is 6.12. The number of nitrogens with one attached hydrogen (secondary N) is 2. The summed E-state index contributed by atoms with van der Waals surface area (Å²) in [6.07, 6.45) is 2.72. The molecule has 6 heteroatoms. The highest BCUT2D eigenvalue weighted by Crippen LogP contribution is 2.21. The third-order valence-electron chi connectivity index (χ3n) is 3.51. The highest BCUT2D eigenvalue weighted by Gasteiger charge is 2.24. The Morgan fingerprint density at radius 2 is 2.40 bits per heavy atom. The summed E-state index contributed by atoms with van der Waals surface area (Å²) in [6, 6.07) is 1.64. The average molecular weight is 298 g/mol. The third kappa shape index (κ3) is 3.61. The molecule has 2 heterocycles. The van der Waals surface area contributed by atoms with Crippen LogP contribution in [-0.2, 0) is 4.74 Å². The largest absolute Gasteiger partial charge is 0.378 e. The molecular weight excluding hydrogens is 278 g/mol. The summed E-state index contributed by atoms with van der Waals surface area (Å²) in [4.78, 5) is 16.2. The van der Waals surface area contributed by atoms with Crippen molar-refractivity contribution in [1.82, 2.24) is 10.3 Å². The molecule has 0 saturated carbocycles. The first-order valence-electron chi connectivity index (χ1n) is 6.91. The molecule has 0 bridgehead atoms. The lowest BCUT2D eigenvalue weighted by Gasteiger charge is -2.15. The van der Waals surface area contributed by atoms with Crippen LogP contribution in [0.15, 0.2) is 12.3 Å². The lowest BCUT2D eigenvalue weighted by molar-refractivity contribution is 0.0907. The van der Waals surface area contributed by atoms with E-state index in [9.17, 15) is 4.79 Å². The molecule has 20 heavy (non-hydrogen) atoms. The van der Waals surface area contributed by atoms with Crippen LogP contribution in [0.5, 0.6) is 0 Å². The number of nitrogens with zero attached hydrogens (tertiary/aromatic N) is 1. The van der Waals surface area contributed by atoms with E-state index in [2.05, 4.69) is 15.6 Å². The van der Waals surface area contributed by atoms with E-state index >= 15 is 0 Å². The molecule has 2 unspecified atom stereocenters. The number of halogens is 1. The zero-order valence-corrected chi connectivity index (χ0v) is 12.5. The Labute approximate surface area is 124 Å². The van der Waals surface area contributed by atoms with E-state index < -0.39 is 0 Å². The van der Waals surface area contributed by atoms with E-state index in [-0.39, 0.29) is 12.0 Å². The second-order valence-electron chi connectivity index (χ2n) is 4.92. The minimum atomic E-state index is -0.151. The Morgan fingerprint density at radius 1 is 1.60 bits per heavy atom. The van der Waals surface area contributed by atoms with E-state index in [1.165, 1.54) is 6.20 Å². The first-order chi connectivity index (χ1) is 9.61. The molecule has 110 valence electrons. The highest BCUT2D eigenvalue weighted by molar-refractivity contribution is 6.33. The maximum atomic E-state index is 12.1. The van der Waals surface area contributed by atoms with Crippen molar-refractivity contribution >= 4 is 23.3 Å². The molecule has 0 radical (unpaired) electrons. The van der Waals surface area contributed by atoms with Crippen molar-refractivity contribution in [2.75, 3.05) is 25.0 Å². The predicted molar refractivity (Wildman–Crippen MR) is 79.3 cm³/mol. The second kappa shape index (κ2) is 6.90. The van der Waals surface area contributed by atoms with Crippen LogP contribution in [0.1, 0.15) is 30.6 Å². The van der Waals surface area contributed by atoms with Gasteiger partial charge in [-0.25, -0.2) is 4.98 Å². The van der Waals surface area contributed by atoms with Crippen LogP contribution >= 0.6 is 11.6 Å². The van der Waals surface area contributed by atoms with Gasteiger partial charge in [0.2, 0.25) is 0 Å². The van der Waals surface area contributed by atoms with Gasteiger partial charge in [-0.1, -0.05) is 11.6 Å². The van der Waals surface area contributed by atoms with E-state index in [1.54, 1.807) is 6.07 Å². The number of hydrogen-bond acceptors (Lipinski definition) is 4. The van der Waals surface area contributed by atoms with Crippen LogP contribution in [0.3, 0.4) is 0 Å². The van der Waals surface area contributed by atoms with Gasteiger partial charge >= 0.3 is 0 Å². The molecule has 1 aliphatic rings. The van der Waals surface area contributed by atoms with Crippen LogP contribution in [0, 0.1) is 5.92 Å². The van der Waals surface area contributed by atoms with Crippen LogP contribution in [-0.4, -0.2) is 36.7 Å². The van der Waals surface area contributed by atoms with Gasteiger partial charge in [0.05, 0.1) is 16.7 Å². The lowest BCUT2D eigenvalue weighted by atomic mass is 10.0. The Balaban J connectivity index is 1.93. The first kappa shape index (κ1) is 15.1. The van der Waals surface area contributed by atoms with Crippen LogP contribution in [0.25, 0.3) is 0 Å². The number of carbonyl (C=O) groups is 1. The maximum Gasteiger partial charge on any atom is 0.252 e. The summed E-state index contributed by atoms with van der Waals surface area (Å²) in [7, 11) is 0. The third-order valence-corrected chi connectivity index (χ3v) is 3.79. The Hall–Kier alpha value is -1.33. The van der Waals surface area contributed by atoms with Crippen molar-refractivity contribution < 1.29 is 9.53 Å². The molecule has 1 saturated heterocycles. The van der Waals surface area contributed by atoms with Gasteiger partial charge in [-0.05, 0) is 26.3 Å². The van der Waals surface area contributed by atoms with Gasteiger partial charge < -0.3 is 15.4 Å². The Bertz CT molecular complexity index is 481. The fraction of sp³-hybridized carbons (Fsp3) is 0.571. The number of rotatable bonds is 5. The first-order valence-corrected chi connectivity index (χ1v) is 7.28. The van der Waals surface area contributed by atoms with Gasteiger partial charge in [-0.15, -0.1) is 0 Å². The zero-order valence-electron chi connectivity index (χ0n) is 11.8. The number of amides is 1. The number of carbonyl (C=O) groups excluding carboxylic acids is 1. The highest BCUT2D eigenvalue weighted by atomic mass is 35.5. The van der Waals surface area contributed by atoms with E-state index in [0.717, 1.165) is 19.6 Å². The fourth-order valence-corrected chi connectivity index (χ4v) is 2.46. The number of aromatic nitrogens is 1. The number of pyridine rings is 1. The molecule has 1 aromatic rings. The van der Waals surface area contributed by atoms with E-state index in [1.807, 2.05) is 13.8 Å². The Morgan fingerprint density at radius 3 is 3.00 bits per heavy atom. The van der Waals surface area contributed by atoms with Crippen molar-refractivity contribution in [1.29, 1.82) is 0 Å². The van der Waals surface area contributed by atoms with Gasteiger partial charge in [0.25, 0.3) is 5.91 Å². The predicted octanol–water partition coefficient (Wildman–Crippen LogP) is 2.32. The molecule has 5 nitrogen and oxygen atoms in total. The molecule has 0 spiro atoms. The fourth-order valence-electron chi connectivity index (χ4n) is 2.23. The molecule has 2 rings (SSSR count). The molecule has 1 aromatic heterocycles. The summed E-state index contributed by atoms with van der Waals surface area (Å²) in [5, 5.41) is 6.40. The number of anilines is 1. The minimum absolute atomic E-state index is 0.151. The molecule has 0 aromatic carbocycles. The normalized spacial score (nSPS) is 21.8.